The molecule has 0 N–H and O–H groups in total. The van der Waals surface area contributed by atoms with Crippen LogP contribution in [0, 0.1) is 11.8 Å². The highest BCUT2D eigenvalue weighted by Gasteiger charge is 2.45. The van der Waals surface area contributed by atoms with E-state index < -0.39 is 12.1 Å². The summed E-state index contributed by atoms with van der Waals surface area (Å²) >= 11 is 5.76. The van der Waals surface area contributed by atoms with E-state index >= 15 is 0 Å². The molecule has 3 atom stereocenters. The quantitative estimate of drug-likeness (QED) is 0.525. The molecule has 1 rings (SSSR count). The van der Waals surface area contributed by atoms with Crippen LogP contribution in [0.3, 0.4) is 0 Å². The van der Waals surface area contributed by atoms with Crippen LogP contribution in [0.1, 0.15) is 26.2 Å². The molecule has 0 aromatic carbocycles. The van der Waals surface area contributed by atoms with E-state index in [2.05, 4.69) is 0 Å². The Balaban J connectivity index is 2.57. The van der Waals surface area contributed by atoms with Gasteiger partial charge in [-0.3, -0.25) is 0 Å². The lowest BCUT2D eigenvalue weighted by molar-refractivity contribution is -0.193. The normalized spacial score (nSPS) is 38.2. The van der Waals surface area contributed by atoms with Gasteiger partial charge in [0.2, 0.25) is 0 Å². The van der Waals surface area contributed by atoms with Crippen LogP contribution < -0.4 is 0 Å². The predicted molar refractivity (Wildman–Crippen MR) is 42.2 cm³/mol. The van der Waals surface area contributed by atoms with Crippen molar-refractivity contribution < 1.29 is 13.2 Å². The van der Waals surface area contributed by atoms with E-state index in [0.717, 1.165) is 0 Å². The maximum absolute atomic E-state index is 12.3. The minimum absolute atomic E-state index is 0.0569. The summed E-state index contributed by atoms with van der Waals surface area (Å²) in [6.45, 7) is 1.63. The van der Waals surface area contributed by atoms with Crippen LogP contribution in [-0.4, -0.2) is 11.6 Å². The average molecular weight is 201 g/mol. The molecule has 12 heavy (non-hydrogen) atoms. The van der Waals surface area contributed by atoms with Crippen molar-refractivity contribution >= 4 is 11.6 Å². The summed E-state index contributed by atoms with van der Waals surface area (Å²) in [6, 6.07) is 0. The van der Waals surface area contributed by atoms with Crippen LogP contribution in [-0.2, 0) is 0 Å². The molecule has 0 saturated heterocycles. The fraction of sp³-hybridized carbons (Fsp3) is 1.00. The van der Waals surface area contributed by atoms with Gasteiger partial charge in [-0.1, -0.05) is 6.92 Å². The van der Waals surface area contributed by atoms with Crippen molar-refractivity contribution in [3.05, 3.63) is 0 Å². The summed E-state index contributed by atoms with van der Waals surface area (Å²) in [4.78, 5) is 0. The van der Waals surface area contributed by atoms with Gasteiger partial charge in [0.05, 0.1) is 5.92 Å². The van der Waals surface area contributed by atoms with Crippen LogP contribution in [0.15, 0.2) is 0 Å². The highest BCUT2D eigenvalue weighted by atomic mass is 35.5. The Morgan fingerprint density at radius 3 is 2.25 bits per heavy atom. The summed E-state index contributed by atoms with van der Waals surface area (Å²) in [5.41, 5.74) is 0. The molecule has 0 aromatic rings. The Kier molecular flexibility index (Phi) is 2.92. The molecule has 72 valence electrons. The Morgan fingerprint density at radius 2 is 1.83 bits per heavy atom. The molecule has 0 heterocycles. The molecule has 1 fully saturated rings. The summed E-state index contributed by atoms with van der Waals surface area (Å²) in [6.07, 6.45) is -2.85. The van der Waals surface area contributed by atoms with E-state index in [9.17, 15) is 13.2 Å². The molecule has 0 aromatic heterocycles. The first-order valence-corrected chi connectivity index (χ1v) is 4.55. The zero-order chi connectivity index (χ0) is 9.35. The largest absolute Gasteiger partial charge is 0.392 e. The molecule has 1 aliphatic rings. The van der Waals surface area contributed by atoms with E-state index in [1.807, 2.05) is 0 Å². The number of alkyl halides is 4. The van der Waals surface area contributed by atoms with Crippen molar-refractivity contribution in [2.45, 2.75) is 37.7 Å². The molecule has 0 spiro atoms. The molecule has 0 nitrogen and oxygen atoms in total. The average Bonchev–Trinajstić information content (AvgIpc) is 1.83. The molecule has 0 bridgehead atoms. The van der Waals surface area contributed by atoms with Gasteiger partial charge in [0.25, 0.3) is 0 Å². The first-order chi connectivity index (χ1) is 5.41. The molecule has 0 amide bonds. The van der Waals surface area contributed by atoms with Gasteiger partial charge in [0.1, 0.15) is 0 Å². The first kappa shape index (κ1) is 10.2. The number of halogens is 4. The summed E-state index contributed by atoms with van der Waals surface area (Å²) < 4.78 is 36.8. The zero-order valence-electron chi connectivity index (χ0n) is 6.87. The van der Waals surface area contributed by atoms with E-state index in [1.54, 1.807) is 6.92 Å². The summed E-state index contributed by atoms with van der Waals surface area (Å²) in [5.74, 6) is -1.45. The van der Waals surface area contributed by atoms with Gasteiger partial charge in [-0.25, -0.2) is 0 Å². The molecular formula is C8H12ClF3. The van der Waals surface area contributed by atoms with Gasteiger partial charge in [-0.05, 0) is 25.2 Å². The summed E-state index contributed by atoms with van der Waals surface area (Å²) in [7, 11) is 0. The van der Waals surface area contributed by atoms with Crippen LogP contribution >= 0.6 is 11.6 Å². The Bertz CT molecular complexity index is 155. The Morgan fingerprint density at radius 1 is 1.25 bits per heavy atom. The van der Waals surface area contributed by atoms with Crippen molar-refractivity contribution in [3.8, 4) is 0 Å². The van der Waals surface area contributed by atoms with Gasteiger partial charge < -0.3 is 0 Å². The van der Waals surface area contributed by atoms with Gasteiger partial charge in [-0.15, -0.1) is 11.6 Å². The second-order valence-corrected chi connectivity index (χ2v) is 4.15. The van der Waals surface area contributed by atoms with Gasteiger partial charge >= 0.3 is 6.18 Å². The Labute approximate surface area is 75.1 Å². The van der Waals surface area contributed by atoms with E-state index in [1.165, 1.54) is 0 Å². The minimum Gasteiger partial charge on any atom is -0.171 e. The third kappa shape index (κ3) is 2.28. The SMILES string of the molecule is CC1CC(Cl)CCC1C(F)(F)F. The van der Waals surface area contributed by atoms with Gasteiger partial charge in [0, 0.05) is 5.38 Å². The maximum atomic E-state index is 12.3. The number of hydrogen-bond acceptors (Lipinski definition) is 0. The third-order valence-electron chi connectivity index (χ3n) is 2.53. The van der Waals surface area contributed by atoms with Gasteiger partial charge in [-0.2, -0.15) is 13.2 Å². The lowest BCUT2D eigenvalue weighted by Gasteiger charge is -2.32. The number of hydrogen-bond donors (Lipinski definition) is 0. The van der Waals surface area contributed by atoms with E-state index in [4.69, 9.17) is 11.6 Å². The maximum Gasteiger partial charge on any atom is 0.392 e. The lowest BCUT2D eigenvalue weighted by Crippen LogP contribution is -2.34. The van der Waals surface area contributed by atoms with Crippen LogP contribution in [0.25, 0.3) is 0 Å². The van der Waals surface area contributed by atoms with Crippen molar-refractivity contribution in [2.75, 3.05) is 0 Å². The zero-order valence-corrected chi connectivity index (χ0v) is 7.62. The second kappa shape index (κ2) is 3.44. The molecule has 3 unspecified atom stereocenters. The summed E-state index contributed by atoms with van der Waals surface area (Å²) in [5, 5.41) is -0.0569. The molecule has 1 saturated carbocycles. The topological polar surface area (TPSA) is 0 Å². The minimum atomic E-state index is -4.03. The van der Waals surface area contributed by atoms with Crippen LogP contribution in [0.2, 0.25) is 0 Å². The first-order valence-electron chi connectivity index (χ1n) is 4.12. The smallest absolute Gasteiger partial charge is 0.171 e. The molecule has 0 aliphatic heterocycles. The third-order valence-corrected chi connectivity index (χ3v) is 2.92. The van der Waals surface area contributed by atoms with Crippen molar-refractivity contribution in [2.24, 2.45) is 11.8 Å². The fourth-order valence-electron chi connectivity index (χ4n) is 1.82. The highest BCUT2D eigenvalue weighted by Crippen LogP contribution is 2.42. The van der Waals surface area contributed by atoms with Crippen molar-refractivity contribution in [1.29, 1.82) is 0 Å². The van der Waals surface area contributed by atoms with Crippen LogP contribution in [0.5, 0.6) is 0 Å². The second-order valence-electron chi connectivity index (χ2n) is 3.54. The number of rotatable bonds is 0. The molecule has 0 radical (unpaired) electrons. The molecule has 1 aliphatic carbocycles. The monoisotopic (exact) mass is 200 g/mol. The van der Waals surface area contributed by atoms with Gasteiger partial charge in [0.15, 0.2) is 0 Å². The fourth-order valence-corrected chi connectivity index (χ4v) is 2.22. The highest BCUT2D eigenvalue weighted by molar-refractivity contribution is 6.20. The molecule has 4 heteroatoms. The van der Waals surface area contributed by atoms with Crippen molar-refractivity contribution in [1.82, 2.24) is 0 Å². The van der Waals surface area contributed by atoms with Crippen molar-refractivity contribution in [3.63, 3.8) is 0 Å². The predicted octanol–water partition coefficient (Wildman–Crippen LogP) is 3.59. The Hall–Kier alpha value is 0.0800. The van der Waals surface area contributed by atoms with Crippen LogP contribution in [0.4, 0.5) is 13.2 Å². The lowest BCUT2D eigenvalue weighted by atomic mass is 9.80. The van der Waals surface area contributed by atoms with E-state index in [0.29, 0.717) is 12.8 Å². The standard InChI is InChI=1S/C8H12ClF3/c1-5-4-6(9)2-3-7(5)8(10,11)12/h5-7H,2-4H2,1H3. The van der Waals surface area contributed by atoms with E-state index in [-0.39, 0.29) is 17.7 Å². The molecular weight excluding hydrogens is 189 g/mol.